The lowest BCUT2D eigenvalue weighted by atomic mass is 9.88. The number of carboxylic acid groups (broad SMARTS) is 1. The molecule has 3 rings (SSSR count). The van der Waals surface area contributed by atoms with E-state index in [1.165, 1.54) is 30.5 Å². The SMILES string of the molecule is C[C@H]([C@@H](C(=O)Nc1cc([C@@H](CC(=O)O)C2CC2)ccc1Cl)c1ccc(Cl)cn1)C(F)(F)F. The van der Waals surface area contributed by atoms with E-state index in [-0.39, 0.29) is 39.7 Å². The summed E-state index contributed by atoms with van der Waals surface area (Å²) in [5.74, 6) is -5.58. The summed E-state index contributed by atoms with van der Waals surface area (Å²) in [6.07, 6.45) is -1.75. The number of rotatable bonds is 8. The quantitative estimate of drug-likeness (QED) is 0.458. The van der Waals surface area contributed by atoms with Gasteiger partial charge in [0.2, 0.25) is 5.91 Å². The molecule has 1 amide bonds. The second kappa shape index (κ2) is 9.67. The van der Waals surface area contributed by atoms with Gasteiger partial charge >= 0.3 is 12.1 Å². The molecule has 1 saturated carbocycles. The molecule has 1 heterocycles. The van der Waals surface area contributed by atoms with E-state index in [4.69, 9.17) is 23.2 Å². The van der Waals surface area contributed by atoms with Gasteiger partial charge in [0.25, 0.3) is 0 Å². The molecular formula is C22H21Cl2F3N2O3. The normalized spacial score (nSPS) is 16.8. The second-order valence-corrected chi connectivity index (χ2v) is 8.82. The van der Waals surface area contributed by atoms with Crippen molar-refractivity contribution < 1.29 is 27.9 Å². The Kier molecular flexibility index (Phi) is 7.35. The van der Waals surface area contributed by atoms with Crippen LogP contribution in [0.3, 0.4) is 0 Å². The number of alkyl halides is 3. The molecule has 0 radical (unpaired) electrons. The first-order chi connectivity index (χ1) is 15.0. The lowest BCUT2D eigenvalue weighted by Gasteiger charge is -2.25. The van der Waals surface area contributed by atoms with Gasteiger partial charge in [0.15, 0.2) is 0 Å². The second-order valence-electron chi connectivity index (χ2n) is 7.98. The molecule has 1 aliphatic carbocycles. The molecule has 2 N–H and O–H groups in total. The predicted octanol–water partition coefficient (Wildman–Crippen LogP) is 6.28. The van der Waals surface area contributed by atoms with Crippen LogP contribution in [0.4, 0.5) is 18.9 Å². The number of anilines is 1. The minimum absolute atomic E-state index is 0.0780. The summed E-state index contributed by atoms with van der Waals surface area (Å²) in [5, 5.41) is 12.1. The van der Waals surface area contributed by atoms with Crippen LogP contribution in [0.2, 0.25) is 10.0 Å². The van der Waals surface area contributed by atoms with E-state index in [1.807, 2.05) is 0 Å². The highest BCUT2D eigenvalue weighted by atomic mass is 35.5. The zero-order valence-corrected chi connectivity index (χ0v) is 18.5. The van der Waals surface area contributed by atoms with Crippen molar-refractivity contribution in [2.45, 2.75) is 44.2 Å². The Balaban J connectivity index is 1.91. The number of carbonyl (C=O) groups excluding carboxylic acids is 1. The smallest absolute Gasteiger partial charge is 0.392 e. The minimum Gasteiger partial charge on any atom is -0.481 e. The summed E-state index contributed by atoms with van der Waals surface area (Å²) in [6.45, 7) is 0.911. The highest BCUT2D eigenvalue weighted by Gasteiger charge is 2.45. The van der Waals surface area contributed by atoms with Crippen LogP contribution in [-0.2, 0) is 9.59 Å². The zero-order chi connectivity index (χ0) is 23.6. The first-order valence-corrected chi connectivity index (χ1v) is 10.7. The Morgan fingerprint density at radius 2 is 1.91 bits per heavy atom. The molecule has 1 aliphatic rings. The van der Waals surface area contributed by atoms with Gasteiger partial charge in [-0.2, -0.15) is 13.2 Å². The van der Waals surface area contributed by atoms with Crippen molar-refractivity contribution in [2.24, 2.45) is 11.8 Å². The average Bonchev–Trinajstić information content (AvgIpc) is 3.54. The van der Waals surface area contributed by atoms with Crippen molar-refractivity contribution in [3.63, 3.8) is 0 Å². The highest BCUT2D eigenvalue weighted by Crippen LogP contribution is 2.45. The number of carboxylic acids is 1. The number of amides is 1. The third kappa shape index (κ3) is 5.92. The largest absolute Gasteiger partial charge is 0.481 e. The number of benzene rings is 1. The molecule has 1 fully saturated rings. The molecule has 172 valence electrons. The lowest BCUT2D eigenvalue weighted by Crippen LogP contribution is -2.35. The number of halogens is 5. The summed E-state index contributed by atoms with van der Waals surface area (Å²) in [5.41, 5.74) is 0.712. The molecule has 0 spiro atoms. The fourth-order valence-corrected chi connectivity index (χ4v) is 3.98. The predicted molar refractivity (Wildman–Crippen MR) is 115 cm³/mol. The number of carbonyl (C=O) groups is 2. The summed E-state index contributed by atoms with van der Waals surface area (Å²) in [6, 6.07) is 7.37. The van der Waals surface area contributed by atoms with Crippen LogP contribution in [0.15, 0.2) is 36.5 Å². The van der Waals surface area contributed by atoms with Gasteiger partial charge in [-0.1, -0.05) is 36.2 Å². The van der Waals surface area contributed by atoms with Gasteiger partial charge in [-0.15, -0.1) is 0 Å². The molecular weight excluding hydrogens is 468 g/mol. The number of aliphatic carboxylic acids is 1. The van der Waals surface area contributed by atoms with E-state index in [1.54, 1.807) is 6.07 Å². The van der Waals surface area contributed by atoms with Gasteiger partial charge in [0, 0.05) is 6.20 Å². The van der Waals surface area contributed by atoms with Gasteiger partial charge in [-0.25, -0.2) is 0 Å². The number of nitrogens with one attached hydrogen (secondary N) is 1. The van der Waals surface area contributed by atoms with E-state index in [2.05, 4.69) is 10.3 Å². The molecule has 5 nitrogen and oxygen atoms in total. The maximum Gasteiger partial charge on any atom is 0.392 e. The first kappa shape index (κ1) is 24.3. The van der Waals surface area contributed by atoms with Crippen molar-refractivity contribution in [1.29, 1.82) is 0 Å². The molecule has 2 aromatic rings. The van der Waals surface area contributed by atoms with Crippen LogP contribution in [0.25, 0.3) is 0 Å². The summed E-state index contributed by atoms with van der Waals surface area (Å²) in [7, 11) is 0. The van der Waals surface area contributed by atoms with Crippen LogP contribution >= 0.6 is 23.2 Å². The third-order valence-corrected chi connectivity index (χ3v) is 6.18. The van der Waals surface area contributed by atoms with Crippen LogP contribution in [0.1, 0.15) is 49.3 Å². The molecule has 10 heteroatoms. The van der Waals surface area contributed by atoms with Crippen LogP contribution in [0.5, 0.6) is 0 Å². The molecule has 0 unspecified atom stereocenters. The van der Waals surface area contributed by atoms with E-state index < -0.39 is 29.9 Å². The Bertz CT molecular complexity index is 995. The summed E-state index contributed by atoms with van der Waals surface area (Å²) >= 11 is 12.0. The molecule has 32 heavy (non-hydrogen) atoms. The number of aromatic nitrogens is 1. The maximum atomic E-state index is 13.5. The Morgan fingerprint density at radius 3 is 2.44 bits per heavy atom. The number of nitrogens with zero attached hydrogens (tertiary/aromatic N) is 1. The van der Waals surface area contributed by atoms with E-state index >= 15 is 0 Å². The van der Waals surface area contributed by atoms with Crippen LogP contribution in [-0.4, -0.2) is 28.1 Å². The monoisotopic (exact) mass is 488 g/mol. The van der Waals surface area contributed by atoms with Gasteiger partial charge in [0.1, 0.15) is 0 Å². The topological polar surface area (TPSA) is 79.3 Å². The molecule has 0 aliphatic heterocycles. The van der Waals surface area contributed by atoms with Crippen molar-refractivity contribution in [3.8, 4) is 0 Å². The number of hydrogen-bond donors (Lipinski definition) is 2. The molecule has 1 aromatic heterocycles. The fraction of sp³-hybridized carbons (Fsp3) is 0.409. The maximum absolute atomic E-state index is 13.5. The van der Waals surface area contributed by atoms with E-state index in [9.17, 15) is 27.9 Å². The fourth-order valence-electron chi connectivity index (χ4n) is 3.70. The molecule has 1 aromatic carbocycles. The lowest BCUT2D eigenvalue weighted by molar-refractivity contribution is -0.178. The zero-order valence-electron chi connectivity index (χ0n) is 17.0. The number of pyridine rings is 1. The Hall–Kier alpha value is -2.32. The van der Waals surface area contributed by atoms with Crippen molar-refractivity contribution >= 4 is 40.8 Å². The third-order valence-electron chi connectivity index (χ3n) is 5.63. The van der Waals surface area contributed by atoms with Gasteiger partial charge < -0.3 is 10.4 Å². The van der Waals surface area contributed by atoms with Gasteiger partial charge in [-0.3, -0.25) is 14.6 Å². The molecule has 3 atom stereocenters. The highest BCUT2D eigenvalue weighted by molar-refractivity contribution is 6.33. The average molecular weight is 489 g/mol. The van der Waals surface area contributed by atoms with Crippen molar-refractivity contribution in [3.05, 3.63) is 57.8 Å². The molecule has 0 saturated heterocycles. The van der Waals surface area contributed by atoms with Crippen LogP contribution in [0, 0.1) is 11.8 Å². The minimum atomic E-state index is -4.65. The van der Waals surface area contributed by atoms with E-state index in [0.717, 1.165) is 19.8 Å². The standard InChI is InChI=1S/C22H21Cl2F3N2O3/c1-11(22(25,26)27)20(17-7-5-14(23)10-28-17)21(32)29-18-8-13(4-6-16(18)24)15(9-19(30)31)12-2-3-12/h4-8,10-12,15,20H,2-3,9H2,1H3,(H,29,32)(H,30,31)/t11-,15+,20-/m1/s1. The van der Waals surface area contributed by atoms with Crippen LogP contribution < -0.4 is 5.32 Å². The number of hydrogen-bond acceptors (Lipinski definition) is 3. The van der Waals surface area contributed by atoms with Gasteiger partial charge in [0.05, 0.1) is 39.7 Å². The van der Waals surface area contributed by atoms with Crippen molar-refractivity contribution in [2.75, 3.05) is 5.32 Å². The first-order valence-electron chi connectivity index (χ1n) is 9.97. The van der Waals surface area contributed by atoms with Gasteiger partial charge in [-0.05, 0) is 54.5 Å². The van der Waals surface area contributed by atoms with Crippen molar-refractivity contribution in [1.82, 2.24) is 4.98 Å². The molecule has 0 bridgehead atoms. The summed E-state index contributed by atoms with van der Waals surface area (Å²) in [4.78, 5) is 28.2. The Labute approximate surface area is 192 Å². The van der Waals surface area contributed by atoms with E-state index in [0.29, 0.717) is 5.56 Å². The summed E-state index contributed by atoms with van der Waals surface area (Å²) < 4.78 is 40.5. The Morgan fingerprint density at radius 1 is 1.22 bits per heavy atom.